The van der Waals surface area contributed by atoms with Gasteiger partial charge in [-0.25, -0.2) is 8.42 Å². The summed E-state index contributed by atoms with van der Waals surface area (Å²) in [6.45, 7) is 10.7. The van der Waals surface area contributed by atoms with Crippen molar-refractivity contribution in [3.05, 3.63) is 94.5 Å². The lowest BCUT2D eigenvalue weighted by molar-refractivity contribution is -0.141. The summed E-state index contributed by atoms with van der Waals surface area (Å²) in [4.78, 5) is 29.0. The van der Waals surface area contributed by atoms with Crippen molar-refractivity contribution in [2.45, 2.75) is 71.0 Å². The quantitative estimate of drug-likeness (QED) is 0.323. The van der Waals surface area contributed by atoms with Gasteiger partial charge in [-0.2, -0.15) is 0 Å². The Morgan fingerprint density at radius 3 is 2.15 bits per heavy atom. The maximum atomic E-state index is 14.1. The maximum absolute atomic E-state index is 14.1. The molecule has 0 aliphatic heterocycles. The molecule has 0 saturated heterocycles. The van der Waals surface area contributed by atoms with E-state index in [-0.39, 0.29) is 17.3 Å². The molecule has 0 heterocycles. The molecule has 0 aliphatic rings. The van der Waals surface area contributed by atoms with Crippen molar-refractivity contribution in [1.82, 2.24) is 10.2 Å². The molecule has 1 N–H and O–H groups in total. The largest absolute Gasteiger partial charge is 0.350 e. The predicted octanol–water partition coefficient (Wildman–Crippen LogP) is 5.87. The fourth-order valence-electron chi connectivity index (χ4n) is 4.35. The second-order valence-electron chi connectivity index (χ2n) is 10.9. The minimum atomic E-state index is -4.17. The zero-order valence-corrected chi connectivity index (χ0v) is 25.5. The topological polar surface area (TPSA) is 86.8 Å². The molecule has 9 heteroatoms. The van der Waals surface area contributed by atoms with E-state index in [4.69, 9.17) is 11.6 Å². The third-order valence-electron chi connectivity index (χ3n) is 6.41. The molecule has 0 bridgehead atoms. The van der Waals surface area contributed by atoms with E-state index in [9.17, 15) is 18.0 Å². The molecule has 0 fully saturated rings. The smallest absolute Gasteiger partial charge is 0.264 e. The third kappa shape index (κ3) is 7.86. The fraction of sp³-hybridized carbons (Fsp3) is 0.355. The van der Waals surface area contributed by atoms with Gasteiger partial charge in [0, 0.05) is 17.1 Å². The molecule has 0 spiro atoms. The van der Waals surface area contributed by atoms with E-state index >= 15 is 0 Å². The molecule has 40 heavy (non-hydrogen) atoms. The van der Waals surface area contributed by atoms with Gasteiger partial charge in [-0.05, 0) is 76.4 Å². The summed E-state index contributed by atoms with van der Waals surface area (Å²) in [5.74, 6) is -0.805. The first-order chi connectivity index (χ1) is 18.7. The molecule has 7 nitrogen and oxygen atoms in total. The van der Waals surface area contributed by atoms with Gasteiger partial charge in [-0.1, -0.05) is 72.6 Å². The number of hydrogen-bond donors (Lipinski definition) is 1. The van der Waals surface area contributed by atoms with Crippen LogP contribution in [0.3, 0.4) is 0 Å². The van der Waals surface area contributed by atoms with Gasteiger partial charge >= 0.3 is 0 Å². The normalized spacial score (nSPS) is 12.5. The van der Waals surface area contributed by atoms with E-state index in [1.165, 1.54) is 17.0 Å². The highest BCUT2D eigenvalue weighted by atomic mass is 35.5. The van der Waals surface area contributed by atoms with E-state index < -0.39 is 34.1 Å². The van der Waals surface area contributed by atoms with Crippen LogP contribution in [0, 0.1) is 13.8 Å². The molecule has 1 atom stereocenters. The van der Waals surface area contributed by atoms with Crippen LogP contribution >= 0.6 is 11.6 Å². The Morgan fingerprint density at radius 2 is 1.57 bits per heavy atom. The Balaban J connectivity index is 2.10. The summed E-state index contributed by atoms with van der Waals surface area (Å²) in [5.41, 5.74) is 2.16. The van der Waals surface area contributed by atoms with Gasteiger partial charge in [0.15, 0.2) is 0 Å². The summed E-state index contributed by atoms with van der Waals surface area (Å²) in [6, 6.07) is 19.9. The summed E-state index contributed by atoms with van der Waals surface area (Å²) >= 11 is 6.29. The Hall–Kier alpha value is -3.36. The second kappa shape index (κ2) is 12.9. The minimum absolute atomic E-state index is 0.0532. The number of nitrogens with one attached hydrogen (secondary N) is 1. The molecule has 3 aromatic rings. The van der Waals surface area contributed by atoms with Crippen LogP contribution in [-0.4, -0.2) is 43.3 Å². The molecule has 2 amide bonds. The van der Waals surface area contributed by atoms with Crippen LogP contribution in [0.4, 0.5) is 5.69 Å². The molecule has 0 radical (unpaired) electrons. The van der Waals surface area contributed by atoms with Crippen molar-refractivity contribution in [1.29, 1.82) is 0 Å². The van der Waals surface area contributed by atoms with Crippen molar-refractivity contribution >= 4 is 39.1 Å². The van der Waals surface area contributed by atoms with Gasteiger partial charge < -0.3 is 10.2 Å². The molecule has 0 saturated carbocycles. The SMILES string of the molecule is CC[C@H](C(=O)NC(C)(C)C)N(Cc1ccccc1)C(=O)CN(c1cc(Cl)ccc1C)S(=O)(=O)c1ccc(C)cc1. The lowest BCUT2D eigenvalue weighted by Gasteiger charge is -2.35. The summed E-state index contributed by atoms with van der Waals surface area (Å²) in [6.07, 6.45) is 0.349. The number of carbonyl (C=O) groups is 2. The summed E-state index contributed by atoms with van der Waals surface area (Å²) < 4.78 is 29.1. The van der Waals surface area contributed by atoms with Crippen LogP contribution < -0.4 is 9.62 Å². The Labute approximate surface area is 243 Å². The molecule has 0 aromatic heterocycles. The van der Waals surface area contributed by atoms with E-state index in [2.05, 4.69) is 5.32 Å². The number of amides is 2. The van der Waals surface area contributed by atoms with Gasteiger partial charge in [0.05, 0.1) is 10.6 Å². The molecule has 3 aromatic carbocycles. The molecular formula is C31H38ClN3O4S. The van der Waals surface area contributed by atoms with Gasteiger partial charge in [-0.3, -0.25) is 13.9 Å². The van der Waals surface area contributed by atoms with E-state index in [0.29, 0.717) is 22.7 Å². The summed E-state index contributed by atoms with van der Waals surface area (Å²) in [5, 5.41) is 3.31. The van der Waals surface area contributed by atoms with Gasteiger partial charge in [-0.15, -0.1) is 0 Å². The molecule has 0 unspecified atom stereocenters. The first-order valence-corrected chi connectivity index (χ1v) is 15.1. The van der Waals surface area contributed by atoms with Crippen LogP contribution in [0.15, 0.2) is 77.7 Å². The highest BCUT2D eigenvalue weighted by Crippen LogP contribution is 2.30. The number of benzene rings is 3. The number of hydrogen-bond acceptors (Lipinski definition) is 4. The fourth-order valence-corrected chi connectivity index (χ4v) is 5.99. The standard InChI is InChI=1S/C31H38ClN3O4S/c1-7-27(30(37)33-31(4,5)6)34(20-24-11-9-8-10-12-24)29(36)21-35(28-19-25(32)16-15-23(28)3)40(38,39)26-17-13-22(2)14-18-26/h8-19,27H,7,20-21H2,1-6H3,(H,33,37)/t27-/m1/s1. The highest BCUT2D eigenvalue weighted by Gasteiger charge is 2.35. The maximum Gasteiger partial charge on any atom is 0.264 e. The molecule has 214 valence electrons. The van der Waals surface area contributed by atoms with Gasteiger partial charge in [0.1, 0.15) is 12.6 Å². The van der Waals surface area contributed by atoms with Crippen molar-refractivity contribution in [3.63, 3.8) is 0 Å². The molecular weight excluding hydrogens is 546 g/mol. The van der Waals surface area contributed by atoms with Crippen molar-refractivity contribution < 1.29 is 18.0 Å². The molecule has 0 aliphatic carbocycles. The Kier molecular flexibility index (Phi) is 10.0. The van der Waals surface area contributed by atoms with Crippen molar-refractivity contribution in [3.8, 4) is 0 Å². The number of aryl methyl sites for hydroxylation is 2. The van der Waals surface area contributed by atoms with Crippen LogP contribution in [-0.2, 0) is 26.2 Å². The number of anilines is 1. The average molecular weight is 584 g/mol. The minimum Gasteiger partial charge on any atom is -0.350 e. The molecule has 3 rings (SSSR count). The zero-order valence-electron chi connectivity index (χ0n) is 23.9. The predicted molar refractivity (Wildman–Crippen MR) is 161 cm³/mol. The lowest BCUT2D eigenvalue weighted by atomic mass is 10.1. The first kappa shape index (κ1) is 31.2. The second-order valence-corrected chi connectivity index (χ2v) is 13.2. The first-order valence-electron chi connectivity index (χ1n) is 13.2. The van der Waals surface area contributed by atoms with Crippen LogP contribution in [0.2, 0.25) is 5.02 Å². The monoisotopic (exact) mass is 583 g/mol. The summed E-state index contributed by atoms with van der Waals surface area (Å²) in [7, 11) is -4.17. The highest BCUT2D eigenvalue weighted by molar-refractivity contribution is 7.92. The van der Waals surface area contributed by atoms with Crippen molar-refractivity contribution in [2.75, 3.05) is 10.8 Å². The number of halogens is 1. The number of nitrogens with zero attached hydrogens (tertiary/aromatic N) is 2. The van der Waals surface area contributed by atoms with Gasteiger partial charge in [0.25, 0.3) is 10.0 Å². The van der Waals surface area contributed by atoms with E-state index in [0.717, 1.165) is 15.4 Å². The van der Waals surface area contributed by atoms with Crippen LogP contribution in [0.5, 0.6) is 0 Å². The van der Waals surface area contributed by atoms with E-state index in [1.54, 1.807) is 37.3 Å². The number of rotatable bonds is 10. The van der Waals surface area contributed by atoms with E-state index in [1.807, 2.05) is 65.0 Å². The van der Waals surface area contributed by atoms with Crippen LogP contribution in [0.25, 0.3) is 0 Å². The average Bonchev–Trinajstić information content (AvgIpc) is 2.88. The van der Waals surface area contributed by atoms with Crippen LogP contribution in [0.1, 0.15) is 50.8 Å². The Bertz CT molecular complexity index is 1440. The zero-order chi connectivity index (χ0) is 29.7. The van der Waals surface area contributed by atoms with Crippen molar-refractivity contribution in [2.24, 2.45) is 0 Å². The lowest BCUT2D eigenvalue weighted by Crippen LogP contribution is -2.55. The Morgan fingerprint density at radius 1 is 0.950 bits per heavy atom. The number of carbonyl (C=O) groups excluding carboxylic acids is 2. The number of sulfonamides is 1. The third-order valence-corrected chi connectivity index (χ3v) is 8.42. The van der Waals surface area contributed by atoms with Gasteiger partial charge in [0.2, 0.25) is 11.8 Å².